The number of hydrogen-bond acceptors (Lipinski definition) is 2. The number of pyridine rings is 1. The Morgan fingerprint density at radius 3 is 2.72 bits per heavy atom. The molecule has 2 aromatic rings. The number of alkyl halides is 1. The molecule has 0 aliphatic heterocycles. The van der Waals surface area contributed by atoms with Gasteiger partial charge in [-0.2, -0.15) is 0 Å². The fourth-order valence-electron chi connectivity index (χ4n) is 1.88. The van der Waals surface area contributed by atoms with Crippen LogP contribution in [0, 0.1) is 6.92 Å². The van der Waals surface area contributed by atoms with Crippen molar-refractivity contribution in [2.24, 2.45) is 0 Å². The molecule has 1 aromatic heterocycles. The molecule has 3 heteroatoms. The van der Waals surface area contributed by atoms with Gasteiger partial charge in [-0.25, -0.2) is 4.98 Å². The molecule has 2 nitrogen and oxygen atoms in total. The van der Waals surface area contributed by atoms with Crippen LogP contribution in [0.1, 0.15) is 16.7 Å². The highest BCUT2D eigenvalue weighted by Crippen LogP contribution is 2.17. The van der Waals surface area contributed by atoms with E-state index in [1.165, 1.54) is 11.1 Å². The minimum atomic E-state index is 0.522. The fraction of sp³-hybridized carbons (Fsp3) is 0.267. The second-order valence-corrected chi connectivity index (χ2v) is 4.71. The van der Waals surface area contributed by atoms with E-state index in [1.54, 1.807) is 6.20 Å². The second-order valence-electron chi connectivity index (χ2n) is 4.44. The lowest BCUT2D eigenvalue weighted by atomic mass is 10.1. The van der Waals surface area contributed by atoms with Gasteiger partial charge in [0.2, 0.25) is 0 Å². The van der Waals surface area contributed by atoms with E-state index in [9.17, 15) is 0 Å². The van der Waals surface area contributed by atoms with Crippen molar-refractivity contribution in [2.45, 2.75) is 19.3 Å². The smallest absolute Gasteiger partial charge is 0.128 e. The molecule has 0 unspecified atom stereocenters. The molecule has 0 N–H and O–H groups in total. The third-order valence-electron chi connectivity index (χ3n) is 3.02. The van der Waals surface area contributed by atoms with Gasteiger partial charge in [0.15, 0.2) is 0 Å². The zero-order valence-electron chi connectivity index (χ0n) is 10.7. The maximum atomic E-state index is 5.84. The van der Waals surface area contributed by atoms with E-state index < -0.39 is 0 Å². The first-order valence-corrected chi connectivity index (χ1v) is 6.50. The van der Waals surface area contributed by atoms with Crippen LogP contribution in [-0.4, -0.2) is 12.0 Å². The predicted octanol–water partition coefficient (Wildman–Crippen LogP) is 3.77. The van der Waals surface area contributed by atoms with Crippen LogP contribution >= 0.6 is 11.6 Å². The number of nitrogens with zero attached hydrogens (tertiary/aromatic N) is 2. The molecule has 0 radical (unpaired) electrons. The maximum Gasteiger partial charge on any atom is 0.128 e. The van der Waals surface area contributed by atoms with E-state index in [2.05, 4.69) is 41.1 Å². The van der Waals surface area contributed by atoms with Crippen molar-refractivity contribution in [3.63, 3.8) is 0 Å². The summed E-state index contributed by atoms with van der Waals surface area (Å²) in [6.07, 6.45) is 1.81. The number of rotatable bonds is 4. The molecule has 0 saturated carbocycles. The van der Waals surface area contributed by atoms with Crippen molar-refractivity contribution >= 4 is 17.4 Å². The lowest BCUT2D eigenvalue weighted by molar-refractivity contribution is 0.889. The molecule has 0 bridgehead atoms. The van der Waals surface area contributed by atoms with Crippen molar-refractivity contribution in [3.05, 3.63) is 59.3 Å². The summed E-state index contributed by atoms with van der Waals surface area (Å²) in [5, 5.41) is 0. The van der Waals surface area contributed by atoms with E-state index in [-0.39, 0.29) is 0 Å². The molecule has 0 spiro atoms. The Kier molecular flexibility index (Phi) is 4.21. The average Bonchev–Trinajstić information content (AvgIpc) is 2.41. The molecule has 0 aliphatic rings. The van der Waals surface area contributed by atoms with E-state index in [4.69, 9.17) is 11.6 Å². The summed E-state index contributed by atoms with van der Waals surface area (Å²) in [4.78, 5) is 6.52. The lowest BCUT2D eigenvalue weighted by Crippen LogP contribution is -2.18. The normalized spacial score (nSPS) is 10.4. The Morgan fingerprint density at radius 2 is 2.00 bits per heavy atom. The molecule has 0 saturated heterocycles. The molecule has 0 fully saturated rings. The molecule has 94 valence electrons. The summed E-state index contributed by atoms with van der Waals surface area (Å²) in [5.74, 6) is 1.48. The SMILES string of the molecule is Cc1ccccc1CN(C)c1cc(CCl)ccn1. The van der Waals surface area contributed by atoms with Crippen LogP contribution in [-0.2, 0) is 12.4 Å². The van der Waals surface area contributed by atoms with Crippen molar-refractivity contribution < 1.29 is 0 Å². The fourth-order valence-corrected chi connectivity index (χ4v) is 2.04. The number of benzene rings is 1. The highest BCUT2D eigenvalue weighted by molar-refractivity contribution is 6.17. The Labute approximate surface area is 113 Å². The van der Waals surface area contributed by atoms with Crippen LogP contribution < -0.4 is 4.90 Å². The molecule has 0 amide bonds. The van der Waals surface area contributed by atoms with Crippen molar-refractivity contribution in [2.75, 3.05) is 11.9 Å². The lowest BCUT2D eigenvalue weighted by Gasteiger charge is -2.19. The van der Waals surface area contributed by atoms with Crippen molar-refractivity contribution in [3.8, 4) is 0 Å². The van der Waals surface area contributed by atoms with E-state index in [0.717, 1.165) is 17.9 Å². The minimum Gasteiger partial charge on any atom is -0.355 e. The Balaban J connectivity index is 2.16. The van der Waals surface area contributed by atoms with Crippen LogP contribution in [0.2, 0.25) is 0 Å². The Hall–Kier alpha value is -1.54. The first kappa shape index (κ1) is 12.9. The van der Waals surface area contributed by atoms with Crippen molar-refractivity contribution in [1.82, 2.24) is 4.98 Å². The number of anilines is 1. The Bertz CT molecular complexity index is 525. The molecule has 1 heterocycles. The molecule has 0 atom stereocenters. The Morgan fingerprint density at radius 1 is 1.22 bits per heavy atom. The third-order valence-corrected chi connectivity index (χ3v) is 3.33. The highest BCUT2D eigenvalue weighted by atomic mass is 35.5. The molecular formula is C15H17ClN2. The van der Waals surface area contributed by atoms with Gasteiger partial charge < -0.3 is 4.90 Å². The average molecular weight is 261 g/mol. The zero-order chi connectivity index (χ0) is 13.0. The quantitative estimate of drug-likeness (QED) is 0.778. The van der Waals surface area contributed by atoms with E-state index in [0.29, 0.717) is 5.88 Å². The van der Waals surface area contributed by atoms with Crippen LogP contribution in [0.4, 0.5) is 5.82 Å². The number of aromatic nitrogens is 1. The van der Waals surface area contributed by atoms with Gasteiger partial charge in [0, 0.05) is 25.7 Å². The van der Waals surface area contributed by atoms with Gasteiger partial charge in [-0.15, -0.1) is 11.6 Å². The summed E-state index contributed by atoms with van der Waals surface area (Å²) < 4.78 is 0. The first-order valence-electron chi connectivity index (χ1n) is 5.97. The molecule has 2 rings (SSSR count). The largest absolute Gasteiger partial charge is 0.355 e. The number of halogens is 1. The third kappa shape index (κ3) is 3.02. The summed E-state index contributed by atoms with van der Waals surface area (Å²) in [6, 6.07) is 12.4. The van der Waals surface area contributed by atoms with Gasteiger partial charge in [-0.1, -0.05) is 24.3 Å². The second kappa shape index (κ2) is 5.87. The molecule has 18 heavy (non-hydrogen) atoms. The minimum absolute atomic E-state index is 0.522. The molecule has 0 aliphatic carbocycles. The van der Waals surface area contributed by atoms with Gasteiger partial charge >= 0.3 is 0 Å². The summed E-state index contributed by atoms with van der Waals surface area (Å²) in [7, 11) is 2.05. The van der Waals surface area contributed by atoms with E-state index in [1.807, 2.05) is 19.2 Å². The van der Waals surface area contributed by atoms with Gasteiger partial charge in [0.1, 0.15) is 5.82 Å². The number of aryl methyl sites for hydroxylation is 1. The van der Waals surface area contributed by atoms with Crippen LogP contribution in [0.5, 0.6) is 0 Å². The van der Waals surface area contributed by atoms with Crippen molar-refractivity contribution in [1.29, 1.82) is 0 Å². The zero-order valence-corrected chi connectivity index (χ0v) is 11.5. The molecular weight excluding hydrogens is 244 g/mol. The summed E-state index contributed by atoms with van der Waals surface area (Å²) >= 11 is 5.84. The predicted molar refractivity (Wildman–Crippen MR) is 77.1 cm³/mol. The van der Waals surface area contributed by atoms with Crippen LogP contribution in [0.25, 0.3) is 0 Å². The summed E-state index contributed by atoms with van der Waals surface area (Å²) in [6.45, 7) is 2.98. The topological polar surface area (TPSA) is 16.1 Å². The molecule has 1 aromatic carbocycles. The highest BCUT2D eigenvalue weighted by Gasteiger charge is 2.05. The van der Waals surface area contributed by atoms with Crippen LogP contribution in [0.15, 0.2) is 42.6 Å². The van der Waals surface area contributed by atoms with Gasteiger partial charge in [-0.3, -0.25) is 0 Å². The first-order chi connectivity index (χ1) is 8.70. The summed E-state index contributed by atoms with van der Waals surface area (Å²) in [5.41, 5.74) is 3.72. The van der Waals surface area contributed by atoms with Crippen LogP contribution in [0.3, 0.4) is 0 Å². The van der Waals surface area contributed by atoms with E-state index >= 15 is 0 Å². The van der Waals surface area contributed by atoms with Gasteiger partial charge in [0.25, 0.3) is 0 Å². The van der Waals surface area contributed by atoms with Gasteiger partial charge in [0.05, 0.1) is 0 Å². The maximum absolute atomic E-state index is 5.84. The number of hydrogen-bond donors (Lipinski definition) is 0. The standard InChI is InChI=1S/C15H17ClN2/c1-12-5-3-4-6-14(12)11-18(2)15-9-13(10-16)7-8-17-15/h3-9H,10-11H2,1-2H3. The monoisotopic (exact) mass is 260 g/mol. The van der Waals surface area contributed by atoms with Gasteiger partial charge in [-0.05, 0) is 35.7 Å².